The fourth-order valence-electron chi connectivity index (χ4n) is 2.14. The average Bonchev–Trinajstić information content (AvgIpc) is 2.73. The molecule has 0 spiro atoms. The zero-order chi connectivity index (χ0) is 12.4. The van der Waals surface area contributed by atoms with Crippen LogP contribution in [0.2, 0.25) is 0 Å². The Bertz CT molecular complexity index is 537. The Hall–Kier alpha value is -1.57. The molecule has 90 valence electrons. The van der Waals surface area contributed by atoms with E-state index >= 15 is 0 Å². The molecule has 17 heavy (non-hydrogen) atoms. The molecule has 0 saturated heterocycles. The molecule has 1 aromatic heterocycles. The van der Waals surface area contributed by atoms with Crippen molar-refractivity contribution < 1.29 is 9.21 Å². The molecule has 1 unspecified atom stereocenters. The lowest BCUT2D eigenvalue weighted by atomic mass is 9.99. The van der Waals surface area contributed by atoms with E-state index in [-0.39, 0.29) is 11.7 Å². The molecule has 0 aliphatic heterocycles. The predicted molar refractivity (Wildman–Crippen MR) is 69.4 cm³/mol. The van der Waals surface area contributed by atoms with Gasteiger partial charge in [-0.2, -0.15) is 0 Å². The highest BCUT2D eigenvalue weighted by atomic mass is 16.3. The SMILES string of the molecule is CCCC(C)C(=O)c1cc2cccc(C)c2o1. The number of carbonyl (C=O) groups is 1. The fourth-order valence-corrected chi connectivity index (χ4v) is 2.14. The van der Waals surface area contributed by atoms with E-state index in [1.807, 2.05) is 38.1 Å². The number of carbonyl (C=O) groups excluding carboxylic acids is 1. The molecule has 1 atom stereocenters. The van der Waals surface area contributed by atoms with E-state index in [2.05, 4.69) is 6.92 Å². The van der Waals surface area contributed by atoms with Gasteiger partial charge in [0.1, 0.15) is 5.58 Å². The van der Waals surface area contributed by atoms with Crippen LogP contribution >= 0.6 is 0 Å². The monoisotopic (exact) mass is 230 g/mol. The molecule has 0 aliphatic carbocycles. The summed E-state index contributed by atoms with van der Waals surface area (Å²) in [5, 5.41) is 1.01. The van der Waals surface area contributed by atoms with Crippen LogP contribution in [-0.2, 0) is 0 Å². The summed E-state index contributed by atoms with van der Waals surface area (Å²) in [5.41, 5.74) is 1.91. The highest BCUT2D eigenvalue weighted by molar-refractivity contribution is 5.99. The predicted octanol–water partition coefficient (Wildman–Crippen LogP) is 4.36. The Labute approximate surface area is 102 Å². The maximum absolute atomic E-state index is 12.1. The molecule has 1 heterocycles. The number of fused-ring (bicyclic) bond motifs is 1. The first-order valence-corrected chi connectivity index (χ1v) is 6.17. The number of benzene rings is 1. The molecule has 2 rings (SSSR count). The van der Waals surface area contributed by atoms with Crippen molar-refractivity contribution in [2.24, 2.45) is 5.92 Å². The first-order valence-electron chi connectivity index (χ1n) is 6.17. The molecule has 0 radical (unpaired) electrons. The summed E-state index contributed by atoms with van der Waals surface area (Å²) in [4.78, 5) is 12.1. The van der Waals surface area contributed by atoms with Crippen LogP contribution in [0.1, 0.15) is 42.8 Å². The zero-order valence-corrected chi connectivity index (χ0v) is 10.6. The van der Waals surface area contributed by atoms with Crippen molar-refractivity contribution in [2.75, 3.05) is 0 Å². The summed E-state index contributed by atoms with van der Waals surface area (Å²) in [6.45, 7) is 6.05. The lowest BCUT2D eigenvalue weighted by Crippen LogP contribution is -2.09. The van der Waals surface area contributed by atoms with Crippen LogP contribution in [0.3, 0.4) is 0 Å². The first kappa shape index (κ1) is 11.9. The minimum atomic E-state index is 0.0425. The van der Waals surface area contributed by atoms with Gasteiger partial charge in [-0.15, -0.1) is 0 Å². The number of ketones is 1. The Morgan fingerprint density at radius 2 is 2.18 bits per heavy atom. The van der Waals surface area contributed by atoms with Crippen LogP contribution in [0.4, 0.5) is 0 Å². The van der Waals surface area contributed by atoms with E-state index in [1.165, 1.54) is 0 Å². The number of hydrogen-bond acceptors (Lipinski definition) is 2. The maximum atomic E-state index is 12.1. The molecule has 0 saturated carbocycles. The molecule has 0 bridgehead atoms. The smallest absolute Gasteiger partial charge is 0.200 e. The second-order valence-electron chi connectivity index (χ2n) is 4.66. The van der Waals surface area contributed by atoms with E-state index < -0.39 is 0 Å². The Balaban J connectivity index is 2.37. The van der Waals surface area contributed by atoms with Gasteiger partial charge < -0.3 is 4.42 Å². The van der Waals surface area contributed by atoms with E-state index in [1.54, 1.807) is 0 Å². The number of rotatable bonds is 4. The Kier molecular flexibility index (Phi) is 3.32. The third-order valence-corrected chi connectivity index (χ3v) is 3.15. The van der Waals surface area contributed by atoms with E-state index in [0.717, 1.165) is 29.4 Å². The lowest BCUT2D eigenvalue weighted by Gasteiger charge is -2.05. The van der Waals surface area contributed by atoms with Crippen LogP contribution in [0.5, 0.6) is 0 Å². The second-order valence-corrected chi connectivity index (χ2v) is 4.66. The molecule has 0 aliphatic rings. The topological polar surface area (TPSA) is 30.2 Å². The standard InChI is InChI=1S/C15H18O2/c1-4-6-10(2)14(16)13-9-12-8-5-7-11(3)15(12)17-13/h5,7-10H,4,6H2,1-3H3. The summed E-state index contributed by atoms with van der Waals surface area (Å²) in [5.74, 6) is 0.651. The highest BCUT2D eigenvalue weighted by Crippen LogP contribution is 2.25. The van der Waals surface area contributed by atoms with Gasteiger partial charge in [-0.3, -0.25) is 4.79 Å². The number of Topliss-reactive ketones (excluding diaryl/α,β-unsaturated/α-hetero) is 1. The van der Waals surface area contributed by atoms with Crippen LogP contribution in [0.15, 0.2) is 28.7 Å². The molecule has 1 aromatic carbocycles. The number of hydrogen-bond donors (Lipinski definition) is 0. The van der Waals surface area contributed by atoms with Gasteiger partial charge in [0.25, 0.3) is 0 Å². The van der Waals surface area contributed by atoms with Crippen molar-refractivity contribution in [3.05, 3.63) is 35.6 Å². The number of para-hydroxylation sites is 1. The molecule has 0 amide bonds. The Morgan fingerprint density at radius 3 is 2.82 bits per heavy atom. The van der Waals surface area contributed by atoms with Crippen LogP contribution in [-0.4, -0.2) is 5.78 Å². The van der Waals surface area contributed by atoms with Crippen molar-refractivity contribution in [1.82, 2.24) is 0 Å². The van der Waals surface area contributed by atoms with E-state index in [0.29, 0.717) is 5.76 Å². The number of aryl methyl sites for hydroxylation is 1. The summed E-state index contributed by atoms with van der Waals surface area (Å²) in [7, 11) is 0. The summed E-state index contributed by atoms with van der Waals surface area (Å²) in [6, 6.07) is 7.82. The van der Waals surface area contributed by atoms with Gasteiger partial charge in [0.05, 0.1) is 0 Å². The highest BCUT2D eigenvalue weighted by Gasteiger charge is 2.18. The number of furan rings is 1. The first-order chi connectivity index (χ1) is 8.13. The second kappa shape index (κ2) is 4.74. The minimum Gasteiger partial charge on any atom is -0.453 e. The molecular weight excluding hydrogens is 212 g/mol. The molecule has 2 nitrogen and oxygen atoms in total. The van der Waals surface area contributed by atoms with Gasteiger partial charge in [-0.25, -0.2) is 0 Å². The van der Waals surface area contributed by atoms with Gasteiger partial charge >= 0.3 is 0 Å². The van der Waals surface area contributed by atoms with E-state index in [9.17, 15) is 4.79 Å². The van der Waals surface area contributed by atoms with Gasteiger partial charge in [-0.05, 0) is 25.0 Å². The third-order valence-electron chi connectivity index (χ3n) is 3.15. The normalized spacial score (nSPS) is 12.9. The quantitative estimate of drug-likeness (QED) is 0.730. The largest absolute Gasteiger partial charge is 0.453 e. The average molecular weight is 230 g/mol. The summed E-state index contributed by atoms with van der Waals surface area (Å²) < 4.78 is 5.68. The fraction of sp³-hybridized carbons (Fsp3) is 0.400. The van der Waals surface area contributed by atoms with Gasteiger partial charge in [-0.1, -0.05) is 38.5 Å². The zero-order valence-electron chi connectivity index (χ0n) is 10.6. The van der Waals surface area contributed by atoms with Gasteiger partial charge in [0, 0.05) is 11.3 Å². The Morgan fingerprint density at radius 1 is 1.41 bits per heavy atom. The van der Waals surface area contributed by atoms with Gasteiger partial charge in [0.2, 0.25) is 5.78 Å². The minimum absolute atomic E-state index is 0.0425. The van der Waals surface area contributed by atoms with Crippen LogP contribution in [0.25, 0.3) is 11.0 Å². The molecule has 2 heteroatoms. The van der Waals surface area contributed by atoms with E-state index in [4.69, 9.17) is 4.42 Å². The summed E-state index contributed by atoms with van der Waals surface area (Å²) in [6.07, 6.45) is 1.93. The summed E-state index contributed by atoms with van der Waals surface area (Å²) >= 11 is 0. The van der Waals surface area contributed by atoms with Gasteiger partial charge in [0.15, 0.2) is 5.76 Å². The van der Waals surface area contributed by atoms with Crippen molar-refractivity contribution in [3.63, 3.8) is 0 Å². The molecular formula is C15H18O2. The van der Waals surface area contributed by atoms with Crippen molar-refractivity contribution in [3.8, 4) is 0 Å². The van der Waals surface area contributed by atoms with Crippen molar-refractivity contribution in [2.45, 2.75) is 33.6 Å². The lowest BCUT2D eigenvalue weighted by molar-refractivity contribution is 0.0897. The van der Waals surface area contributed by atoms with Crippen molar-refractivity contribution in [1.29, 1.82) is 0 Å². The maximum Gasteiger partial charge on any atom is 0.200 e. The van der Waals surface area contributed by atoms with Crippen LogP contribution in [0, 0.1) is 12.8 Å². The van der Waals surface area contributed by atoms with Crippen molar-refractivity contribution >= 4 is 16.8 Å². The molecule has 0 N–H and O–H groups in total. The molecule has 2 aromatic rings. The third kappa shape index (κ3) is 2.26. The molecule has 0 fully saturated rings. The van der Waals surface area contributed by atoms with Crippen LogP contribution < -0.4 is 0 Å².